The third kappa shape index (κ3) is 2.75. The van der Waals surface area contributed by atoms with E-state index in [9.17, 15) is 4.79 Å². The van der Waals surface area contributed by atoms with Crippen molar-refractivity contribution >= 4 is 0 Å². The van der Waals surface area contributed by atoms with Crippen molar-refractivity contribution < 1.29 is 0 Å². The number of pyridine rings is 1. The molecule has 2 rings (SSSR count). The lowest BCUT2D eigenvalue weighted by molar-refractivity contribution is 0.437. The summed E-state index contributed by atoms with van der Waals surface area (Å²) in [5, 5.41) is 12.2. The first-order valence-corrected chi connectivity index (χ1v) is 6.06. The van der Waals surface area contributed by atoms with Crippen LogP contribution in [0.1, 0.15) is 37.1 Å². The molecule has 90 valence electrons. The molecule has 0 spiro atoms. The predicted octanol–water partition coefficient (Wildman–Crippen LogP) is 1.50. The van der Waals surface area contributed by atoms with Gasteiger partial charge in [-0.25, -0.2) is 0 Å². The summed E-state index contributed by atoms with van der Waals surface area (Å²) in [5.74, 6) is 0.0168. The van der Waals surface area contributed by atoms with E-state index in [-0.39, 0.29) is 17.5 Å². The molecule has 2 unspecified atom stereocenters. The van der Waals surface area contributed by atoms with Gasteiger partial charge in [0.1, 0.15) is 0 Å². The van der Waals surface area contributed by atoms with Crippen molar-refractivity contribution in [3.8, 4) is 6.07 Å². The first kappa shape index (κ1) is 11.9. The van der Waals surface area contributed by atoms with Gasteiger partial charge in [0.05, 0.1) is 12.0 Å². The van der Waals surface area contributed by atoms with Gasteiger partial charge in [-0.15, -0.1) is 0 Å². The summed E-state index contributed by atoms with van der Waals surface area (Å²) in [5.41, 5.74) is 2.20. The van der Waals surface area contributed by atoms with Gasteiger partial charge < -0.3 is 10.3 Å². The van der Waals surface area contributed by atoms with Crippen molar-refractivity contribution in [1.82, 2.24) is 10.3 Å². The zero-order valence-electron chi connectivity index (χ0n) is 9.99. The summed E-state index contributed by atoms with van der Waals surface area (Å²) in [6.45, 7) is 2.60. The largest absolute Gasteiger partial charge is 0.326 e. The van der Waals surface area contributed by atoms with Crippen molar-refractivity contribution in [3.63, 3.8) is 0 Å². The topological polar surface area (TPSA) is 68.7 Å². The standard InChI is InChI=1S/C13H17N3O/c1-9(7-14)8-15-11-3-2-4-12-10(11)5-6-13(17)16-12/h5-6,9,11,15H,2-4,8H2,1H3,(H,16,17). The number of aryl methyl sites for hydroxylation is 1. The molecule has 0 saturated carbocycles. The third-order valence-corrected chi connectivity index (χ3v) is 3.22. The van der Waals surface area contributed by atoms with Crippen LogP contribution in [0.25, 0.3) is 0 Å². The highest BCUT2D eigenvalue weighted by atomic mass is 16.1. The van der Waals surface area contributed by atoms with E-state index in [0.717, 1.165) is 25.0 Å². The van der Waals surface area contributed by atoms with Crippen molar-refractivity contribution in [1.29, 1.82) is 5.26 Å². The van der Waals surface area contributed by atoms with Gasteiger partial charge in [0.15, 0.2) is 0 Å². The Balaban J connectivity index is 2.12. The van der Waals surface area contributed by atoms with Gasteiger partial charge in [0, 0.05) is 24.3 Å². The van der Waals surface area contributed by atoms with Crippen LogP contribution in [0, 0.1) is 17.2 Å². The fourth-order valence-electron chi connectivity index (χ4n) is 2.28. The van der Waals surface area contributed by atoms with Gasteiger partial charge in [-0.1, -0.05) is 6.07 Å². The normalized spacial score (nSPS) is 20.4. The number of fused-ring (bicyclic) bond motifs is 1. The highest BCUT2D eigenvalue weighted by molar-refractivity contribution is 5.26. The fourth-order valence-corrected chi connectivity index (χ4v) is 2.28. The number of H-pyrrole nitrogens is 1. The minimum Gasteiger partial charge on any atom is -0.326 e. The number of rotatable bonds is 3. The maximum atomic E-state index is 11.2. The number of nitriles is 1. The van der Waals surface area contributed by atoms with Crippen LogP contribution in [0.15, 0.2) is 16.9 Å². The van der Waals surface area contributed by atoms with E-state index in [1.54, 1.807) is 6.07 Å². The van der Waals surface area contributed by atoms with Gasteiger partial charge in [0.2, 0.25) is 5.56 Å². The number of hydrogen-bond donors (Lipinski definition) is 2. The molecular formula is C13H17N3O. The smallest absolute Gasteiger partial charge is 0.248 e. The molecule has 0 fully saturated rings. The molecule has 2 N–H and O–H groups in total. The monoisotopic (exact) mass is 231 g/mol. The second-order valence-corrected chi connectivity index (χ2v) is 4.64. The lowest BCUT2D eigenvalue weighted by Crippen LogP contribution is -2.30. The van der Waals surface area contributed by atoms with E-state index in [1.165, 1.54) is 5.56 Å². The first-order chi connectivity index (χ1) is 8.20. The maximum absolute atomic E-state index is 11.2. The van der Waals surface area contributed by atoms with Crippen molar-refractivity contribution in [2.45, 2.75) is 32.2 Å². The summed E-state index contributed by atoms with van der Waals surface area (Å²) in [6.07, 6.45) is 3.08. The highest BCUT2D eigenvalue weighted by Gasteiger charge is 2.20. The molecule has 0 bridgehead atoms. The van der Waals surface area contributed by atoms with E-state index < -0.39 is 0 Å². The van der Waals surface area contributed by atoms with E-state index >= 15 is 0 Å². The van der Waals surface area contributed by atoms with Crippen LogP contribution in [0.2, 0.25) is 0 Å². The number of aromatic amines is 1. The molecular weight excluding hydrogens is 214 g/mol. The van der Waals surface area contributed by atoms with Gasteiger partial charge in [-0.05, 0) is 31.7 Å². The SMILES string of the molecule is CC(C#N)CNC1CCCc2[nH]c(=O)ccc21. The maximum Gasteiger partial charge on any atom is 0.248 e. The van der Waals surface area contributed by atoms with Crippen LogP contribution >= 0.6 is 0 Å². The van der Waals surface area contributed by atoms with Crippen LogP contribution in [0.5, 0.6) is 0 Å². The molecule has 1 heterocycles. The van der Waals surface area contributed by atoms with Gasteiger partial charge in [-0.2, -0.15) is 5.26 Å². The third-order valence-electron chi connectivity index (χ3n) is 3.22. The number of nitrogens with one attached hydrogen (secondary N) is 2. The van der Waals surface area contributed by atoms with E-state index in [4.69, 9.17) is 5.26 Å². The second-order valence-electron chi connectivity index (χ2n) is 4.64. The Morgan fingerprint density at radius 2 is 2.47 bits per heavy atom. The van der Waals surface area contributed by atoms with Gasteiger partial charge in [0.25, 0.3) is 0 Å². The minimum absolute atomic E-state index is 0.0168. The molecule has 1 aliphatic carbocycles. The molecule has 1 aliphatic rings. The molecule has 0 radical (unpaired) electrons. The summed E-state index contributed by atoms with van der Waals surface area (Å²) in [4.78, 5) is 14.1. The summed E-state index contributed by atoms with van der Waals surface area (Å²) >= 11 is 0. The lowest BCUT2D eigenvalue weighted by atomic mass is 9.91. The summed E-state index contributed by atoms with van der Waals surface area (Å²) in [7, 11) is 0. The van der Waals surface area contributed by atoms with Crippen LogP contribution < -0.4 is 10.9 Å². The molecule has 1 aromatic heterocycles. The number of aromatic nitrogens is 1. The Bertz CT molecular complexity index is 486. The molecule has 4 nitrogen and oxygen atoms in total. The Morgan fingerprint density at radius 3 is 3.24 bits per heavy atom. The fraction of sp³-hybridized carbons (Fsp3) is 0.538. The van der Waals surface area contributed by atoms with Gasteiger partial charge in [-0.3, -0.25) is 4.79 Å². The summed E-state index contributed by atoms with van der Waals surface area (Å²) in [6, 6.07) is 5.97. The average molecular weight is 231 g/mol. The van der Waals surface area contributed by atoms with Crippen molar-refractivity contribution in [2.75, 3.05) is 6.54 Å². The Kier molecular flexibility index (Phi) is 3.60. The lowest BCUT2D eigenvalue weighted by Gasteiger charge is -2.26. The molecule has 2 atom stereocenters. The van der Waals surface area contributed by atoms with Crippen molar-refractivity contribution in [3.05, 3.63) is 33.7 Å². The molecule has 0 amide bonds. The van der Waals surface area contributed by atoms with Crippen LogP contribution in [-0.2, 0) is 6.42 Å². The Labute approximate surface area is 101 Å². The quantitative estimate of drug-likeness (QED) is 0.828. The Hall–Kier alpha value is -1.60. The highest BCUT2D eigenvalue weighted by Crippen LogP contribution is 2.27. The second kappa shape index (κ2) is 5.15. The molecule has 0 aliphatic heterocycles. The van der Waals surface area contributed by atoms with E-state index in [1.807, 2.05) is 13.0 Å². The molecule has 1 aromatic rings. The molecule has 17 heavy (non-hydrogen) atoms. The minimum atomic E-state index is -0.0326. The average Bonchev–Trinajstić information content (AvgIpc) is 2.35. The zero-order valence-corrected chi connectivity index (χ0v) is 9.99. The number of nitrogens with zero attached hydrogens (tertiary/aromatic N) is 1. The van der Waals surface area contributed by atoms with Crippen LogP contribution in [0.3, 0.4) is 0 Å². The van der Waals surface area contributed by atoms with Crippen LogP contribution in [-0.4, -0.2) is 11.5 Å². The zero-order chi connectivity index (χ0) is 12.3. The van der Waals surface area contributed by atoms with E-state index in [2.05, 4.69) is 16.4 Å². The Morgan fingerprint density at radius 1 is 1.65 bits per heavy atom. The first-order valence-electron chi connectivity index (χ1n) is 6.06. The summed E-state index contributed by atoms with van der Waals surface area (Å²) < 4.78 is 0. The molecule has 0 saturated heterocycles. The molecule has 4 heteroatoms. The molecule has 0 aromatic carbocycles. The van der Waals surface area contributed by atoms with Crippen molar-refractivity contribution in [2.24, 2.45) is 5.92 Å². The van der Waals surface area contributed by atoms with Gasteiger partial charge >= 0.3 is 0 Å². The number of hydrogen-bond acceptors (Lipinski definition) is 3. The van der Waals surface area contributed by atoms with Crippen LogP contribution in [0.4, 0.5) is 0 Å². The predicted molar refractivity (Wildman–Crippen MR) is 65.5 cm³/mol. The van der Waals surface area contributed by atoms with E-state index in [0.29, 0.717) is 6.54 Å².